The Morgan fingerprint density at radius 1 is 1.03 bits per heavy atom. The molecule has 0 aliphatic heterocycles. The third kappa shape index (κ3) is 4.86. The van der Waals surface area contributed by atoms with Crippen molar-refractivity contribution in [2.24, 2.45) is 0 Å². The zero-order valence-electron chi connectivity index (χ0n) is 15.9. The van der Waals surface area contributed by atoms with E-state index in [9.17, 15) is 28.1 Å². The van der Waals surface area contributed by atoms with Gasteiger partial charge in [0.1, 0.15) is 6.33 Å². The predicted octanol–water partition coefficient (Wildman–Crippen LogP) is 4.21. The molecule has 0 aliphatic rings. The maximum atomic E-state index is 13.2. The molecule has 3 N–H and O–H groups in total. The molecule has 0 saturated carbocycles. The number of amides is 1. The quantitative estimate of drug-likeness (QED) is 0.394. The van der Waals surface area contributed by atoms with Crippen LogP contribution in [-0.4, -0.2) is 20.8 Å². The Labute approximate surface area is 173 Å². The van der Waals surface area contributed by atoms with Crippen LogP contribution in [0.3, 0.4) is 0 Å². The molecule has 1 amide bonds. The smallest absolute Gasteiger partial charge is 0.334 e. The summed E-state index contributed by atoms with van der Waals surface area (Å²) < 4.78 is 39.7. The lowest BCUT2D eigenvalue weighted by Gasteiger charge is -2.15. The highest BCUT2D eigenvalue weighted by Crippen LogP contribution is 2.38. The number of carbonyl (C=O) groups is 1. The molecule has 2 aromatic carbocycles. The summed E-state index contributed by atoms with van der Waals surface area (Å²) in [6.07, 6.45) is -3.78. The van der Waals surface area contributed by atoms with E-state index in [1.807, 2.05) is 0 Å². The molecule has 0 atom stereocenters. The van der Waals surface area contributed by atoms with Crippen LogP contribution in [0.25, 0.3) is 0 Å². The van der Waals surface area contributed by atoms with E-state index in [2.05, 4.69) is 26.1 Å². The number of rotatable bonds is 6. The SMILES string of the molecule is Cc1ccccc1C(=O)NNc1ncnc(Nc2ccccc2C(F)(F)F)c1[N+](=O)[O-]. The Morgan fingerprint density at radius 2 is 1.68 bits per heavy atom. The van der Waals surface area contributed by atoms with Crippen molar-refractivity contribution in [3.8, 4) is 0 Å². The minimum atomic E-state index is -4.69. The molecule has 3 aromatic rings. The fraction of sp³-hybridized carbons (Fsp3) is 0.105. The number of nitro groups is 1. The van der Waals surface area contributed by atoms with Crippen molar-refractivity contribution in [2.45, 2.75) is 13.1 Å². The summed E-state index contributed by atoms with van der Waals surface area (Å²) in [7, 11) is 0. The van der Waals surface area contributed by atoms with Crippen molar-refractivity contribution in [1.82, 2.24) is 15.4 Å². The van der Waals surface area contributed by atoms with E-state index in [-0.39, 0.29) is 0 Å². The number of nitrogens with zero attached hydrogens (tertiary/aromatic N) is 3. The number of hydrogen-bond acceptors (Lipinski definition) is 7. The fourth-order valence-corrected chi connectivity index (χ4v) is 2.71. The Morgan fingerprint density at radius 3 is 2.35 bits per heavy atom. The second kappa shape index (κ2) is 8.65. The molecule has 12 heteroatoms. The first-order chi connectivity index (χ1) is 14.7. The van der Waals surface area contributed by atoms with Gasteiger partial charge in [-0.1, -0.05) is 30.3 Å². The molecule has 160 valence electrons. The standard InChI is InChI=1S/C19H15F3N6O3/c1-11-6-2-3-7-12(11)18(29)27-26-17-15(28(30)31)16(23-10-24-17)25-14-9-5-4-8-13(14)19(20,21)22/h2-10H,1H3,(H,27,29)(H2,23,24,25,26). The monoisotopic (exact) mass is 432 g/mol. The number of nitrogens with one attached hydrogen (secondary N) is 3. The van der Waals surface area contributed by atoms with Crippen LogP contribution in [0.15, 0.2) is 54.9 Å². The molecule has 9 nitrogen and oxygen atoms in total. The van der Waals surface area contributed by atoms with Gasteiger partial charge in [0, 0.05) is 5.56 Å². The number of aryl methyl sites for hydroxylation is 1. The van der Waals surface area contributed by atoms with E-state index in [0.29, 0.717) is 11.1 Å². The van der Waals surface area contributed by atoms with Gasteiger partial charge < -0.3 is 5.32 Å². The van der Waals surface area contributed by atoms with Crippen molar-refractivity contribution in [2.75, 3.05) is 10.7 Å². The van der Waals surface area contributed by atoms with Crippen molar-refractivity contribution in [3.05, 3.63) is 81.7 Å². The lowest BCUT2D eigenvalue weighted by Crippen LogP contribution is -2.30. The molecule has 0 bridgehead atoms. The first-order valence-electron chi connectivity index (χ1n) is 8.73. The average Bonchev–Trinajstić information content (AvgIpc) is 2.72. The third-order valence-corrected chi connectivity index (χ3v) is 4.17. The van der Waals surface area contributed by atoms with Gasteiger partial charge in [0.2, 0.25) is 11.6 Å². The first kappa shape index (κ1) is 21.5. The number of para-hydroxylation sites is 1. The van der Waals surface area contributed by atoms with Crippen LogP contribution in [0.5, 0.6) is 0 Å². The molecular formula is C19H15F3N6O3. The summed E-state index contributed by atoms with van der Waals surface area (Å²) in [6.45, 7) is 1.71. The lowest BCUT2D eigenvalue weighted by atomic mass is 10.1. The molecule has 0 unspecified atom stereocenters. The van der Waals surface area contributed by atoms with E-state index in [4.69, 9.17) is 0 Å². The molecule has 31 heavy (non-hydrogen) atoms. The molecule has 0 spiro atoms. The largest absolute Gasteiger partial charge is 0.418 e. The molecule has 1 aromatic heterocycles. The van der Waals surface area contributed by atoms with Crippen LogP contribution in [0.2, 0.25) is 0 Å². The zero-order chi connectivity index (χ0) is 22.6. The molecule has 0 fully saturated rings. The van der Waals surface area contributed by atoms with Crippen LogP contribution < -0.4 is 16.2 Å². The van der Waals surface area contributed by atoms with Gasteiger partial charge in [-0.15, -0.1) is 0 Å². The summed E-state index contributed by atoms with van der Waals surface area (Å²) in [5.74, 6) is -1.47. The summed E-state index contributed by atoms with van der Waals surface area (Å²) in [5.41, 5.74) is 3.42. The summed E-state index contributed by atoms with van der Waals surface area (Å²) in [5, 5.41) is 13.9. The Hall–Kier alpha value is -4.22. The Kier molecular flexibility index (Phi) is 6.00. The van der Waals surface area contributed by atoms with Crippen molar-refractivity contribution >= 4 is 28.9 Å². The molecule has 0 aliphatic carbocycles. The van der Waals surface area contributed by atoms with Gasteiger partial charge in [-0.3, -0.25) is 25.8 Å². The minimum Gasteiger partial charge on any atom is -0.334 e. The highest BCUT2D eigenvalue weighted by molar-refractivity contribution is 5.96. The number of hydrogen-bond donors (Lipinski definition) is 3. The van der Waals surface area contributed by atoms with E-state index in [1.54, 1.807) is 31.2 Å². The zero-order valence-corrected chi connectivity index (χ0v) is 15.9. The van der Waals surface area contributed by atoms with Crippen LogP contribution in [0.4, 0.5) is 36.2 Å². The molecule has 0 saturated heterocycles. The van der Waals surface area contributed by atoms with Crippen molar-refractivity contribution in [1.29, 1.82) is 0 Å². The van der Waals surface area contributed by atoms with Crippen LogP contribution in [-0.2, 0) is 6.18 Å². The number of anilines is 3. The molecular weight excluding hydrogens is 417 g/mol. The van der Waals surface area contributed by atoms with Gasteiger partial charge in [-0.2, -0.15) is 13.2 Å². The van der Waals surface area contributed by atoms with E-state index < -0.39 is 45.6 Å². The van der Waals surface area contributed by atoms with Crippen LogP contribution in [0.1, 0.15) is 21.5 Å². The summed E-state index contributed by atoms with van der Waals surface area (Å²) in [4.78, 5) is 30.5. The maximum Gasteiger partial charge on any atom is 0.418 e. The van der Waals surface area contributed by atoms with Crippen LogP contribution >= 0.6 is 0 Å². The predicted molar refractivity (Wildman–Crippen MR) is 106 cm³/mol. The number of halogens is 3. The number of benzene rings is 2. The Bertz CT molecular complexity index is 1140. The average molecular weight is 432 g/mol. The Balaban J connectivity index is 1.90. The first-order valence-corrected chi connectivity index (χ1v) is 8.73. The second-order valence-corrected chi connectivity index (χ2v) is 6.24. The third-order valence-electron chi connectivity index (χ3n) is 4.17. The van der Waals surface area contributed by atoms with Gasteiger partial charge >= 0.3 is 11.9 Å². The highest BCUT2D eigenvalue weighted by atomic mass is 19.4. The number of alkyl halides is 3. The van der Waals surface area contributed by atoms with Crippen molar-refractivity contribution < 1.29 is 22.9 Å². The second-order valence-electron chi connectivity index (χ2n) is 6.24. The van der Waals surface area contributed by atoms with Crippen molar-refractivity contribution in [3.63, 3.8) is 0 Å². The van der Waals surface area contributed by atoms with Gasteiger partial charge in [0.15, 0.2) is 0 Å². The lowest BCUT2D eigenvalue weighted by molar-refractivity contribution is -0.383. The van der Waals surface area contributed by atoms with E-state index in [0.717, 1.165) is 18.5 Å². The van der Waals surface area contributed by atoms with E-state index >= 15 is 0 Å². The number of hydrazine groups is 1. The summed E-state index contributed by atoms with van der Waals surface area (Å²) in [6, 6.07) is 11.1. The van der Waals surface area contributed by atoms with E-state index in [1.165, 1.54) is 12.1 Å². The highest BCUT2D eigenvalue weighted by Gasteiger charge is 2.34. The normalized spacial score (nSPS) is 11.0. The van der Waals surface area contributed by atoms with Gasteiger partial charge in [0.25, 0.3) is 5.91 Å². The molecule has 1 heterocycles. The van der Waals surface area contributed by atoms with Gasteiger partial charge in [0.05, 0.1) is 16.2 Å². The van der Waals surface area contributed by atoms with Gasteiger partial charge in [-0.05, 0) is 30.7 Å². The number of carbonyl (C=O) groups excluding carboxylic acids is 1. The van der Waals surface area contributed by atoms with Crippen LogP contribution in [0, 0.1) is 17.0 Å². The molecule has 3 rings (SSSR count). The minimum absolute atomic E-state index is 0.323. The topological polar surface area (TPSA) is 122 Å². The number of aromatic nitrogens is 2. The fourth-order valence-electron chi connectivity index (χ4n) is 2.71. The molecule has 0 radical (unpaired) electrons. The summed E-state index contributed by atoms with van der Waals surface area (Å²) >= 11 is 0. The van der Waals surface area contributed by atoms with Gasteiger partial charge in [-0.25, -0.2) is 9.97 Å². The maximum absolute atomic E-state index is 13.2.